The number of nitrogens with one attached hydrogen (secondary N) is 1. The average molecular weight is 292 g/mol. The molecule has 20 heavy (non-hydrogen) atoms. The van der Waals surface area contributed by atoms with E-state index in [-0.39, 0.29) is 10.7 Å². The summed E-state index contributed by atoms with van der Waals surface area (Å²) in [6, 6.07) is 5.50. The van der Waals surface area contributed by atoms with Crippen LogP contribution in [0.5, 0.6) is 0 Å². The molecule has 1 fully saturated rings. The van der Waals surface area contributed by atoms with Crippen LogP contribution in [0.15, 0.2) is 18.2 Å². The summed E-state index contributed by atoms with van der Waals surface area (Å²) in [5.74, 6) is -0.0179. The fraction of sp³-hybridized carbons (Fsp3) is 0.562. The Morgan fingerprint density at radius 1 is 1.35 bits per heavy atom. The minimum Gasteiger partial charge on any atom is -0.398 e. The lowest BCUT2D eigenvalue weighted by Gasteiger charge is -2.35. The van der Waals surface area contributed by atoms with Gasteiger partial charge in [-0.3, -0.25) is 4.79 Å². The van der Waals surface area contributed by atoms with E-state index >= 15 is 0 Å². The Balaban J connectivity index is 1.98. The maximum atomic E-state index is 12.2. The van der Waals surface area contributed by atoms with Crippen molar-refractivity contribution in [2.24, 2.45) is 0 Å². The molecule has 0 spiro atoms. The van der Waals surface area contributed by atoms with E-state index in [9.17, 15) is 4.79 Å². The number of amides is 1. The Morgan fingerprint density at radius 2 is 2.05 bits per heavy atom. The van der Waals surface area contributed by atoms with E-state index in [4.69, 9.17) is 5.73 Å². The first-order valence-electron chi connectivity index (χ1n) is 7.26. The van der Waals surface area contributed by atoms with E-state index in [0.717, 1.165) is 12.1 Å². The molecule has 3 N–H and O–H groups in total. The Bertz CT molecular complexity index is 481. The van der Waals surface area contributed by atoms with Gasteiger partial charge in [0.2, 0.25) is 0 Å². The third-order valence-corrected chi connectivity index (χ3v) is 5.73. The first-order valence-corrected chi connectivity index (χ1v) is 8.48. The van der Waals surface area contributed by atoms with Gasteiger partial charge in [0.1, 0.15) is 0 Å². The van der Waals surface area contributed by atoms with Crippen LogP contribution in [0.2, 0.25) is 0 Å². The highest BCUT2D eigenvalue weighted by Crippen LogP contribution is 2.37. The number of aryl methyl sites for hydroxylation is 1. The van der Waals surface area contributed by atoms with Gasteiger partial charge in [0.15, 0.2) is 0 Å². The van der Waals surface area contributed by atoms with Crippen molar-refractivity contribution in [3.63, 3.8) is 0 Å². The Hall–Kier alpha value is -1.16. The molecule has 0 bridgehead atoms. The normalized spacial score (nSPS) is 17.7. The highest BCUT2D eigenvalue weighted by Gasteiger charge is 2.31. The second-order valence-corrected chi connectivity index (χ2v) is 6.98. The van der Waals surface area contributed by atoms with Crippen molar-refractivity contribution < 1.29 is 4.79 Å². The molecule has 1 amide bonds. The lowest BCUT2D eigenvalue weighted by atomic mass is 9.88. The van der Waals surface area contributed by atoms with E-state index in [1.54, 1.807) is 6.07 Å². The molecule has 1 aromatic carbocycles. The van der Waals surface area contributed by atoms with Gasteiger partial charge in [-0.15, -0.1) is 0 Å². The van der Waals surface area contributed by atoms with Crippen LogP contribution >= 0.6 is 11.8 Å². The quantitative estimate of drug-likeness (QED) is 0.837. The Morgan fingerprint density at radius 3 is 2.65 bits per heavy atom. The number of anilines is 1. The monoisotopic (exact) mass is 292 g/mol. The maximum absolute atomic E-state index is 12.2. The van der Waals surface area contributed by atoms with Crippen LogP contribution in [0, 0.1) is 6.92 Å². The van der Waals surface area contributed by atoms with Crippen molar-refractivity contribution in [2.75, 3.05) is 18.5 Å². The molecule has 1 saturated carbocycles. The summed E-state index contributed by atoms with van der Waals surface area (Å²) in [4.78, 5) is 12.2. The summed E-state index contributed by atoms with van der Waals surface area (Å²) in [6.45, 7) is 2.70. The summed E-state index contributed by atoms with van der Waals surface area (Å²) in [7, 11) is 0. The zero-order chi connectivity index (χ0) is 14.6. The number of hydrogen-bond acceptors (Lipinski definition) is 3. The topological polar surface area (TPSA) is 55.1 Å². The van der Waals surface area contributed by atoms with Crippen LogP contribution in [0.4, 0.5) is 5.69 Å². The zero-order valence-corrected chi connectivity index (χ0v) is 13.2. The molecule has 4 heteroatoms. The third-order valence-electron chi connectivity index (χ3n) is 4.31. The molecule has 0 radical (unpaired) electrons. The van der Waals surface area contributed by atoms with Gasteiger partial charge in [0.25, 0.3) is 5.91 Å². The molecule has 0 saturated heterocycles. The van der Waals surface area contributed by atoms with Gasteiger partial charge in [-0.2, -0.15) is 11.8 Å². The smallest absolute Gasteiger partial charge is 0.251 e. The summed E-state index contributed by atoms with van der Waals surface area (Å²) in [5.41, 5.74) is 8.20. The van der Waals surface area contributed by atoms with Crippen molar-refractivity contribution in [1.82, 2.24) is 5.32 Å². The van der Waals surface area contributed by atoms with Gasteiger partial charge in [0, 0.05) is 22.5 Å². The van der Waals surface area contributed by atoms with Crippen LogP contribution in [-0.4, -0.2) is 23.5 Å². The molecule has 110 valence electrons. The highest BCUT2D eigenvalue weighted by atomic mass is 32.2. The molecule has 2 rings (SSSR count). The second kappa shape index (κ2) is 6.53. The van der Waals surface area contributed by atoms with Gasteiger partial charge in [0.05, 0.1) is 0 Å². The summed E-state index contributed by atoms with van der Waals surface area (Å²) < 4.78 is 0.226. The minimum atomic E-state index is -0.0179. The predicted octanol–water partition coefficient (Wildman–Crippen LogP) is 3.37. The van der Waals surface area contributed by atoms with Gasteiger partial charge in [-0.25, -0.2) is 0 Å². The van der Waals surface area contributed by atoms with Crippen LogP contribution in [0.25, 0.3) is 0 Å². The number of nitrogens with two attached hydrogens (primary N) is 1. The summed E-state index contributed by atoms with van der Waals surface area (Å²) in [5, 5.41) is 3.09. The highest BCUT2D eigenvalue weighted by molar-refractivity contribution is 8.00. The number of carbonyl (C=O) groups is 1. The standard InChI is InChI=1S/C16H24N2OS/c1-12-6-7-13(10-14(12)17)15(19)18-11-16(20-2)8-4-3-5-9-16/h6-7,10H,3-5,8-9,11,17H2,1-2H3,(H,18,19). The van der Waals surface area contributed by atoms with Crippen molar-refractivity contribution >= 4 is 23.4 Å². The first kappa shape index (κ1) is 15.2. The maximum Gasteiger partial charge on any atom is 0.251 e. The molecule has 0 aliphatic heterocycles. The number of hydrogen-bond donors (Lipinski definition) is 2. The van der Waals surface area contributed by atoms with Crippen molar-refractivity contribution in [3.8, 4) is 0 Å². The molecule has 1 aromatic rings. The summed E-state index contributed by atoms with van der Waals surface area (Å²) in [6.07, 6.45) is 8.42. The van der Waals surface area contributed by atoms with Crippen molar-refractivity contribution in [3.05, 3.63) is 29.3 Å². The average Bonchev–Trinajstić information content (AvgIpc) is 2.48. The molecule has 0 heterocycles. The molecule has 0 unspecified atom stereocenters. The molecule has 1 aliphatic rings. The number of rotatable bonds is 4. The van der Waals surface area contributed by atoms with Crippen LogP contribution in [0.1, 0.15) is 48.0 Å². The fourth-order valence-corrected chi connectivity index (χ4v) is 3.69. The SMILES string of the molecule is CSC1(CNC(=O)c2ccc(C)c(N)c2)CCCCC1. The third kappa shape index (κ3) is 3.48. The molecule has 0 aromatic heterocycles. The van der Waals surface area contributed by atoms with Gasteiger partial charge < -0.3 is 11.1 Å². The molecular formula is C16H24N2OS. The van der Waals surface area contributed by atoms with Crippen molar-refractivity contribution in [1.29, 1.82) is 0 Å². The zero-order valence-electron chi connectivity index (χ0n) is 12.4. The first-order chi connectivity index (χ1) is 9.56. The largest absolute Gasteiger partial charge is 0.398 e. The van der Waals surface area contributed by atoms with Gasteiger partial charge in [-0.05, 0) is 43.7 Å². The number of thioether (sulfide) groups is 1. The van der Waals surface area contributed by atoms with E-state index in [0.29, 0.717) is 11.3 Å². The Kier molecular flexibility index (Phi) is 4.97. The number of nitrogen functional groups attached to an aromatic ring is 1. The molecule has 1 aliphatic carbocycles. The predicted molar refractivity (Wildman–Crippen MR) is 87.3 cm³/mol. The molecule has 0 atom stereocenters. The fourth-order valence-electron chi connectivity index (χ4n) is 2.77. The lowest BCUT2D eigenvalue weighted by Crippen LogP contribution is -2.41. The molecular weight excluding hydrogens is 268 g/mol. The van der Waals surface area contributed by atoms with E-state index < -0.39 is 0 Å². The van der Waals surface area contributed by atoms with E-state index in [2.05, 4.69) is 11.6 Å². The van der Waals surface area contributed by atoms with Crippen LogP contribution in [0.3, 0.4) is 0 Å². The van der Waals surface area contributed by atoms with E-state index in [1.165, 1.54) is 32.1 Å². The Labute approximate surface area is 125 Å². The van der Waals surface area contributed by atoms with Crippen LogP contribution in [-0.2, 0) is 0 Å². The molecule has 3 nitrogen and oxygen atoms in total. The summed E-state index contributed by atoms with van der Waals surface area (Å²) >= 11 is 1.90. The second-order valence-electron chi connectivity index (χ2n) is 5.70. The minimum absolute atomic E-state index is 0.0179. The van der Waals surface area contributed by atoms with E-state index in [1.807, 2.05) is 30.8 Å². The lowest BCUT2D eigenvalue weighted by molar-refractivity contribution is 0.0947. The number of carbonyl (C=O) groups excluding carboxylic acids is 1. The number of benzene rings is 1. The van der Waals surface area contributed by atoms with Gasteiger partial charge >= 0.3 is 0 Å². The van der Waals surface area contributed by atoms with Crippen molar-refractivity contribution in [2.45, 2.75) is 43.8 Å². The van der Waals surface area contributed by atoms with Gasteiger partial charge in [-0.1, -0.05) is 25.3 Å². The van der Waals surface area contributed by atoms with Crippen LogP contribution < -0.4 is 11.1 Å².